The average molecular weight is 401 g/mol. The van der Waals surface area contributed by atoms with Crippen molar-refractivity contribution in [1.29, 1.82) is 0 Å². The van der Waals surface area contributed by atoms with Crippen LogP contribution < -0.4 is 15.6 Å². The Kier molecular flexibility index (Phi) is 5.55. The molecule has 0 saturated heterocycles. The van der Waals surface area contributed by atoms with Crippen LogP contribution in [0.3, 0.4) is 0 Å². The Morgan fingerprint density at radius 3 is 2.76 bits per heavy atom. The van der Waals surface area contributed by atoms with E-state index in [4.69, 9.17) is 9.47 Å². The fourth-order valence-corrected chi connectivity index (χ4v) is 3.31. The third-order valence-electron chi connectivity index (χ3n) is 4.59. The maximum Gasteiger partial charge on any atom is 0.410 e. The lowest BCUT2D eigenvalue weighted by molar-refractivity contribution is -0.122. The van der Waals surface area contributed by atoms with E-state index in [1.165, 1.54) is 18.0 Å². The van der Waals surface area contributed by atoms with Crippen molar-refractivity contribution < 1.29 is 19.1 Å². The molecule has 1 unspecified atom stereocenters. The number of H-pyrrole nitrogens is 1. The molecule has 2 amide bonds. The van der Waals surface area contributed by atoms with Crippen molar-refractivity contribution >= 4 is 22.9 Å². The van der Waals surface area contributed by atoms with E-state index in [1.54, 1.807) is 26.8 Å². The first kappa shape index (κ1) is 20.7. The van der Waals surface area contributed by atoms with Gasteiger partial charge in [-0.3, -0.25) is 9.59 Å². The molecule has 29 heavy (non-hydrogen) atoms. The number of aromatic nitrogens is 1. The summed E-state index contributed by atoms with van der Waals surface area (Å²) >= 11 is 0. The number of hydrogen-bond acceptors (Lipinski definition) is 5. The second-order valence-electron chi connectivity index (χ2n) is 8.38. The standard InChI is InChI=1S/C21H27N3O5/c1-12-8-13-9-14(28-19(13)15-6-7-16(25)23-18(12)15)10-22-17(26)11-24(5)20(27)29-21(2,3)4/h6-8,14H,9-11H2,1-5H3,(H,22,26)(H,23,25). The highest BCUT2D eigenvalue weighted by atomic mass is 16.6. The van der Waals surface area contributed by atoms with Gasteiger partial charge < -0.3 is 24.7 Å². The number of fused-ring (bicyclic) bond motifs is 3. The molecule has 2 N–H and O–H groups in total. The fraction of sp³-hybridized carbons (Fsp3) is 0.476. The van der Waals surface area contributed by atoms with Gasteiger partial charge in [0.25, 0.3) is 0 Å². The number of rotatable bonds is 4. The summed E-state index contributed by atoms with van der Waals surface area (Å²) in [6.45, 7) is 7.48. The molecule has 1 aliphatic heterocycles. The molecule has 156 valence electrons. The van der Waals surface area contributed by atoms with Crippen molar-refractivity contribution in [3.05, 3.63) is 39.7 Å². The predicted molar refractivity (Wildman–Crippen MR) is 109 cm³/mol. The second kappa shape index (κ2) is 7.77. The molecule has 1 aromatic carbocycles. The van der Waals surface area contributed by atoms with Crippen LogP contribution in [0.2, 0.25) is 0 Å². The third kappa shape index (κ3) is 4.88. The zero-order chi connectivity index (χ0) is 21.3. The third-order valence-corrected chi connectivity index (χ3v) is 4.59. The number of aromatic amines is 1. The summed E-state index contributed by atoms with van der Waals surface area (Å²) in [5.74, 6) is 0.454. The topological polar surface area (TPSA) is 101 Å². The molecule has 2 heterocycles. The van der Waals surface area contributed by atoms with Crippen LogP contribution in [-0.2, 0) is 16.0 Å². The number of amides is 2. The number of ether oxygens (including phenoxy) is 2. The van der Waals surface area contributed by atoms with Gasteiger partial charge in [0.1, 0.15) is 24.0 Å². The summed E-state index contributed by atoms with van der Waals surface area (Å²) in [7, 11) is 1.52. The Bertz CT molecular complexity index is 1010. The molecule has 1 aromatic heterocycles. The molecular formula is C21H27N3O5. The summed E-state index contributed by atoms with van der Waals surface area (Å²) in [6.07, 6.45) is -0.0984. The van der Waals surface area contributed by atoms with Crippen LogP contribution >= 0.6 is 0 Å². The molecule has 1 aliphatic rings. The first-order valence-corrected chi connectivity index (χ1v) is 9.56. The van der Waals surface area contributed by atoms with Crippen LogP contribution in [0.15, 0.2) is 23.0 Å². The van der Waals surface area contributed by atoms with E-state index in [0.29, 0.717) is 13.0 Å². The van der Waals surface area contributed by atoms with Crippen molar-refractivity contribution in [3.8, 4) is 5.75 Å². The first-order valence-electron chi connectivity index (χ1n) is 9.56. The van der Waals surface area contributed by atoms with Crippen LogP contribution in [0.25, 0.3) is 10.9 Å². The van der Waals surface area contributed by atoms with Gasteiger partial charge in [0.2, 0.25) is 11.5 Å². The fourth-order valence-electron chi connectivity index (χ4n) is 3.31. The Balaban J connectivity index is 1.58. The average Bonchev–Trinajstić information content (AvgIpc) is 3.01. The molecular weight excluding hydrogens is 374 g/mol. The summed E-state index contributed by atoms with van der Waals surface area (Å²) < 4.78 is 11.3. The Labute approximate surface area is 169 Å². The maximum atomic E-state index is 12.2. The number of benzene rings is 1. The molecule has 2 aromatic rings. The molecule has 8 heteroatoms. The minimum atomic E-state index is -0.615. The lowest BCUT2D eigenvalue weighted by Crippen LogP contribution is -2.43. The first-order chi connectivity index (χ1) is 13.5. The summed E-state index contributed by atoms with van der Waals surface area (Å²) in [5, 5.41) is 3.67. The Morgan fingerprint density at radius 2 is 2.07 bits per heavy atom. The van der Waals surface area contributed by atoms with Gasteiger partial charge >= 0.3 is 6.09 Å². The zero-order valence-electron chi connectivity index (χ0n) is 17.4. The van der Waals surface area contributed by atoms with E-state index in [9.17, 15) is 14.4 Å². The Morgan fingerprint density at radius 1 is 1.34 bits per heavy atom. The van der Waals surface area contributed by atoms with Gasteiger partial charge in [0, 0.05) is 24.9 Å². The van der Waals surface area contributed by atoms with E-state index >= 15 is 0 Å². The Hall–Kier alpha value is -3.03. The smallest absolute Gasteiger partial charge is 0.410 e. The highest BCUT2D eigenvalue weighted by Crippen LogP contribution is 2.36. The summed E-state index contributed by atoms with van der Waals surface area (Å²) in [5.41, 5.74) is 2.02. The van der Waals surface area contributed by atoms with Gasteiger partial charge in [-0.1, -0.05) is 6.07 Å². The largest absolute Gasteiger partial charge is 0.487 e. The maximum absolute atomic E-state index is 12.2. The molecule has 0 spiro atoms. The van der Waals surface area contributed by atoms with Gasteiger partial charge in [0.15, 0.2) is 0 Å². The van der Waals surface area contributed by atoms with Crippen molar-refractivity contribution in [2.45, 2.75) is 45.8 Å². The van der Waals surface area contributed by atoms with E-state index in [0.717, 1.165) is 27.8 Å². The van der Waals surface area contributed by atoms with Gasteiger partial charge in [-0.15, -0.1) is 0 Å². The molecule has 8 nitrogen and oxygen atoms in total. The number of carbonyl (C=O) groups excluding carboxylic acids is 2. The van der Waals surface area contributed by atoms with Crippen LogP contribution in [-0.4, -0.2) is 53.7 Å². The minimum Gasteiger partial charge on any atom is -0.487 e. The van der Waals surface area contributed by atoms with Crippen LogP contribution in [0.1, 0.15) is 31.9 Å². The van der Waals surface area contributed by atoms with E-state index in [-0.39, 0.29) is 24.1 Å². The monoisotopic (exact) mass is 401 g/mol. The van der Waals surface area contributed by atoms with E-state index < -0.39 is 11.7 Å². The van der Waals surface area contributed by atoms with Crippen LogP contribution in [0.4, 0.5) is 4.79 Å². The molecule has 3 rings (SSSR count). The number of nitrogens with one attached hydrogen (secondary N) is 2. The van der Waals surface area contributed by atoms with Crippen molar-refractivity contribution in [2.75, 3.05) is 20.1 Å². The molecule has 0 radical (unpaired) electrons. The van der Waals surface area contributed by atoms with Gasteiger partial charge in [-0.05, 0) is 44.9 Å². The van der Waals surface area contributed by atoms with E-state index in [2.05, 4.69) is 10.3 Å². The zero-order valence-corrected chi connectivity index (χ0v) is 17.4. The number of likely N-dealkylation sites (N-methyl/N-ethyl adjacent to an activating group) is 1. The normalized spacial score (nSPS) is 15.6. The SMILES string of the molecule is Cc1cc2c(c3ccc(=O)[nH]c13)OC(CNC(=O)CN(C)C(=O)OC(C)(C)C)C2. The van der Waals surface area contributed by atoms with Crippen molar-refractivity contribution in [1.82, 2.24) is 15.2 Å². The van der Waals surface area contributed by atoms with Crippen molar-refractivity contribution in [3.63, 3.8) is 0 Å². The number of aryl methyl sites for hydroxylation is 1. The quantitative estimate of drug-likeness (QED) is 0.817. The lowest BCUT2D eigenvalue weighted by Gasteiger charge is -2.24. The highest BCUT2D eigenvalue weighted by Gasteiger charge is 2.27. The molecule has 0 fully saturated rings. The second-order valence-corrected chi connectivity index (χ2v) is 8.38. The van der Waals surface area contributed by atoms with E-state index in [1.807, 2.05) is 13.0 Å². The number of pyridine rings is 1. The predicted octanol–water partition coefficient (Wildman–Crippen LogP) is 2.12. The number of nitrogens with zero attached hydrogens (tertiary/aromatic N) is 1. The molecule has 1 atom stereocenters. The van der Waals surface area contributed by atoms with Gasteiger partial charge in [-0.25, -0.2) is 4.79 Å². The van der Waals surface area contributed by atoms with Gasteiger partial charge in [0.05, 0.1) is 12.1 Å². The number of carbonyl (C=O) groups is 2. The van der Waals surface area contributed by atoms with Crippen LogP contribution in [0.5, 0.6) is 5.75 Å². The van der Waals surface area contributed by atoms with Gasteiger partial charge in [-0.2, -0.15) is 0 Å². The minimum absolute atomic E-state index is 0.0993. The molecule has 0 bridgehead atoms. The summed E-state index contributed by atoms with van der Waals surface area (Å²) in [6, 6.07) is 5.25. The molecule has 0 saturated carbocycles. The van der Waals surface area contributed by atoms with Crippen LogP contribution in [0, 0.1) is 6.92 Å². The highest BCUT2D eigenvalue weighted by molar-refractivity contribution is 5.89. The number of hydrogen-bond donors (Lipinski definition) is 2. The summed E-state index contributed by atoms with van der Waals surface area (Å²) in [4.78, 5) is 39.8. The molecule has 0 aliphatic carbocycles. The lowest BCUT2D eigenvalue weighted by atomic mass is 10.0. The van der Waals surface area contributed by atoms with Crippen molar-refractivity contribution in [2.24, 2.45) is 0 Å².